The molecule has 2 heterocycles. The van der Waals surface area contributed by atoms with Crippen molar-refractivity contribution >= 4 is 16.8 Å². The maximum Gasteiger partial charge on any atom is 0.433 e. The van der Waals surface area contributed by atoms with Gasteiger partial charge in [0.15, 0.2) is 5.69 Å². The van der Waals surface area contributed by atoms with Crippen LogP contribution in [0.2, 0.25) is 0 Å². The fourth-order valence-electron chi connectivity index (χ4n) is 2.52. The van der Waals surface area contributed by atoms with Gasteiger partial charge >= 0.3 is 5.88 Å². The van der Waals surface area contributed by atoms with Crippen LogP contribution in [-0.4, -0.2) is 4.92 Å². The summed E-state index contributed by atoms with van der Waals surface area (Å²) in [6.45, 7) is 3.80. The van der Waals surface area contributed by atoms with Crippen molar-refractivity contribution in [3.05, 3.63) is 63.0 Å². The van der Waals surface area contributed by atoms with Gasteiger partial charge in [0, 0.05) is 24.1 Å². The third-order valence-electron chi connectivity index (χ3n) is 3.63. The minimum absolute atomic E-state index is 0.313. The number of aryl methyl sites for hydroxylation is 2. The summed E-state index contributed by atoms with van der Waals surface area (Å²) in [4.78, 5) is 10.2. The minimum atomic E-state index is -0.576. The Morgan fingerprint density at radius 1 is 1.23 bits per heavy atom. The van der Waals surface area contributed by atoms with E-state index in [0.29, 0.717) is 34.3 Å². The van der Waals surface area contributed by atoms with Gasteiger partial charge in [-0.05, 0) is 24.6 Å². The Morgan fingerprint density at radius 3 is 2.64 bits per heavy atom. The van der Waals surface area contributed by atoms with Gasteiger partial charge in [-0.3, -0.25) is 10.1 Å². The van der Waals surface area contributed by atoms with Crippen molar-refractivity contribution in [3.8, 4) is 11.3 Å². The predicted molar refractivity (Wildman–Crippen MR) is 81.4 cm³/mol. The van der Waals surface area contributed by atoms with Gasteiger partial charge in [0.05, 0.1) is 11.5 Å². The molecule has 0 atom stereocenters. The maximum absolute atomic E-state index is 12.4. The zero-order chi connectivity index (χ0) is 15.9. The Morgan fingerprint density at radius 2 is 2.00 bits per heavy atom. The summed E-state index contributed by atoms with van der Waals surface area (Å²) in [5.41, 5.74) is 2.79. The van der Waals surface area contributed by atoms with E-state index in [9.17, 15) is 15.3 Å². The van der Waals surface area contributed by atoms with Crippen LogP contribution in [0.25, 0.3) is 22.2 Å². The van der Waals surface area contributed by atoms with Crippen LogP contribution < -0.4 is 4.73 Å². The molecule has 3 rings (SSSR count). The summed E-state index contributed by atoms with van der Waals surface area (Å²) < 4.78 is 6.20. The lowest BCUT2D eigenvalue weighted by Crippen LogP contribution is -2.32. The van der Waals surface area contributed by atoms with Gasteiger partial charge in [0.25, 0.3) is 0 Å². The van der Waals surface area contributed by atoms with Gasteiger partial charge < -0.3 is 9.62 Å². The largest absolute Gasteiger partial charge is 0.618 e. The van der Waals surface area contributed by atoms with E-state index in [-0.39, 0.29) is 5.88 Å². The van der Waals surface area contributed by atoms with Crippen molar-refractivity contribution in [1.82, 2.24) is 0 Å². The molecule has 0 saturated carbocycles. The Bertz CT molecular complexity index is 883. The molecule has 2 aromatic heterocycles. The van der Waals surface area contributed by atoms with E-state index in [1.165, 1.54) is 6.07 Å². The number of hydrogen-bond donors (Lipinski definition) is 0. The van der Waals surface area contributed by atoms with E-state index < -0.39 is 4.92 Å². The summed E-state index contributed by atoms with van der Waals surface area (Å²) in [6, 6.07) is 10.1. The first-order valence-electron chi connectivity index (χ1n) is 6.91. The van der Waals surface area contributed by atoms with Gasteiger partial charge in [-0.2, -0.15) is 4.73 Å². The molecule has 0 aliphatic rings. The molecule has 0 spiro atoms. The second kappa shape index (κ2) is 5.14. The molecule has 0 unspecified atom stereocenters. The topological polar surface area (TPSA) is 83.2 Å². The molecule has 0 radical (unpaired) electrons. The molecule has 6 heteroatoms. The van der Waals surface area contributed by atoms with Crippen molar-refractivity contribution in [1.29, 1.82) is 0 Å². The summed E-state index contributed by atoms with van der Waals surface area (Å²) in [5.74, 6) is 0.0722. The van der Waals surface area contributed by atoms with Crippen LogP contribution in [0.3, 0.4) is 0 Å². The van der Waals surface area contributed by atoms with Gasteiger partial charge in [-0.15, -0.1) is 0 Å². The molecule has 0 aliphatic carbocycles. The van der Waals surface area contributed by atoms with Crippen molar-refractivity contribution in [3.63, 3.8) is 0 Å². The highest BCUT2D eigenvalue weighted by Crippen LogP contribution is 2.32. The minimum Gasteiger partial charge on any atom is -0.618 e. The van der Waals surface area contributed by atoms with Crippen LogP contribution in [0, 0.1) is 22.2 Å². The van der Waals surface area contributed by atoms with Crippen molar-refractivity contribution in [2.45, 2.75) is 20.3 Å². The smallest absolute Gasteiger partial charge is 0.433 e. The van der Waals surface area contributed by atoms with Crippen molar-refractivity contribution in [2.75, 3.05) is 0 Å². The van der Waals surface area contributed by atoms with Gasteiger partial charge in [0.1, 0.15) is 10.7 Å². The van der Waals surface area contributed by atoms with Crippen LogP contribution in [0.4, 0.5) is 5.88 Å². The Hall–Kier alpha value is -2.89. The molecule has 112 valence electrons. The molecular weight excluding hydrogens is 284 g/mol. The number of benzene rings is 1. The lowest BCUT2D eigenvalue weighted by atomic mass is 10.0. The van der Waals surface area contributed by atoms with Gasteiger partial charge in [-0.1, -0.05) is 13.0 Å². The molecule has 0 fully saturated rings. The monoisotopic (exact) mass is 298 g/mol. The lowest BCUT2D eigenvalue weighted by Gasteiger charge is -2.10. The lowest BCUT2D eigenvalue weighted by molar-refractivity contribution is -0.585. The SMILES string of the molecule is CCc1cc(-c2ccc([N+](=O)[O-])o2)c2ccc(C)cc2[n+]1[O-]. The van der Waals surface area contributed by atoms with Gasteiger partial charge in [0.2, 0.25) is 5.52 Å². The molecule has 0 bridgehead atoms. The summed E-state index contributed by atoms with van der Waals surface area (Å²) in [5, 5.41) is 23.9. The molecular formula is C16H14N2O4. The van der Waals surface area contributed by atoms with Crippen LogP contribution in [0.5, 0.6) is 0 Å². The zero-order valence-corrected chi connectivity index (χ0v) is 12.2. The van der Waals surface area contributed by atoms with Crippen LogP contribution in [0.15, 0.2) is 40.8 Å². The van der Waals surface area contributed by atoms with Crippen LogP contribution >= 0.6 is 0 Å². The van der Waals surface area contributed by atoms with E-state index in [2.05, 4.69) is 0 Å². The number of rotatable bonds is 3. The number of furan rings is 1. The predicted octanol–water partition coefficient (Wildman–Crippen LogP) is 3.51. The van der Waals surface area contributed by atoms with E-state index >= 15 is 0 Å². The van der Waals surface area contributed by atoms with Crippen molar-refractivity contribution < 1.29 is 14.1 Å². The molecule has 0 amide bonds. The van der Waals surface area contributed by atoms with Crippen LogP contribution in [0.1, 0.15) is 18.2 Å². The zero-order valence-electron chi connectivity index (χ0n) is 12.2. The Labute approximate surface area is 126 Å². The fourth-order valence-corrected chi connectivity index (χ4v) is 2.52. The average Bonchev–Trinajstić information content (AvgIpc) is 2.98. The fraction of sp³-hybridized carbons (Fsp3) is 0.188. The maximum atomic E-state index is 12.4. The first-order valence-corrected chi connectivity index (χ1v) is 6.91. The first-order chi connectivity index (χ1) is 10.5. The second-order valence-electron chi connectivity index (χ2n) is 5.11. The summed E-state index contributed by atoms with van der Waals surface area (Å²) >= 11 is 0. The first kappa shape index (κ1) is 14.1. The van der Waals surface area contributed by atoms with Crippen LogP contribution in [-0.2, 0) is 6.42 Å². The molecule has 3 aromatic rings. The number of fused-ring (bicyclic) bond motifs is 1. The molecule has 22 heavy (non-hydrogen) atoms. The van der Waals surface area contributed by atoms with Gasteiger partial charge in [-0.25, -0.2) is 0 Å². The Kier molecular flexibility index (Phi) is 3.29. The second-order valence-corrected chi connectivity index (χ2v) is 5.11. The number of pyridine rings is 1. The molecule has 0 N–H and O–H groups in total. The highest BCUT2D eigenvalue weighted by Gasteiger charge is 2.20. The van der Waals surface area contributed by atoms with E-state index in [0.717, 1.165) is 10.3 Å². The third kappa shape index (κ3) is 2.18. The summed E-state index contributed by atoms with van der Waals surface area (Å²) in [7, 11) is 0. The van der Waals surface area contributed by atoms with Crippen molar-refractivity contribution in [2.24, 2.45) is 0 Å². The number of hydrogen-bond acceptors (Lipinski definition) is 4. The average molecular weight is 298 g/mol. The van der Waals surface area contributed by atoms with E-state index in [4.69, 9.17) is 4.42 Å². The Balaban J connectivity index is 2.32. The molecule has 0 aliphatic heterocycles. The third-order valence-corrected chi connectivity index (χ3v) is 3.63. The highest BCUT2D eigenvalue weighted by atomic mass is 16.6. The number of nitrogens with zero attached hydrogens (tertiary/aromatic N) is 2. The van der Waals surface area contributed by atoms with E-state index in [1.54, 1.807) is 12.1 Å². The summed E-state index contributed by atoms with van der Waals surface area (Å²) in [6.07, 6.45) is 0.559. The molecule has 0 saturated heterocycles. The quantitative estimate of drug-likeness (QED) is 0.320. The standard InChI is InChI=1S/C16H14N2O4/c1-3-11-9-13(15-6-7-16(22-15)18(20)21)12-5-4-10(2)8-14(12)17(11)19/h4-9H,3H2,1-2H3. The normalized spacial score (nSPS) is 11.0. The molecule has 1 aromatic carbocycles. The molecule has 6 nitrogen and oxygen atoms in total. The van der Waals surface area contributed by atoms with E-state index in [1.807, 2.05) is 32.0 Å². The number of nitro groups is 1. The number of aromatic nitrogens is 1. The highest BCUT2D eigenvalue weighted by molar-refractivity contribution is 5.92.